The van der Waals surface area contributed by atoms with Crippen LogP contribution >= 0.6 is 0 Å². The first-order valence-electron chi connectivity index (χ1n) is 9.85. The van der Waals surface area contributed by atoms with E-state index in [-0.39, 0.29) is 24.1 Å². The van der Waals surface area contributed by atoms with E-state index in [4.69, 9.17) is 0 Å². The highest BCUT2D eigenvalue weighted by molar-refractivity contribution is 5.79. The fourth-order valence-electron chi connectivity index (χ4n) is 4.66. The molecule has 1 heterocycles. The van der Waals surface area contributed by atoms with Crippen molar-refractivity contribution in [2.75, 3.05) is 20.1 Å². The number of likely N-dealkylation sites (tertiary alicyclic amines) is 1. The number of rotatable bonds is 5. The Balaban J connectivity index is 1.57. The van der Waals surface area contributed by atoms with Gasteiger partial charge in [-0.15, -0.1) is 0 Å². The molecule has 1 aliphatic heterocycles. The van der Waals surface area contributed by atoms with Crippen LogP contribution in [0, 0.1) is 10.1 Å². The number of carbonyl (C=O) groups excluding carboxylic acids is 1. The van der Waals surface area contributed by atoms with Crippen LogP contribution < -0.4 is 0 Å². The number of nitrogens with zero attached hydrogens (tertiary/aromatic N) is 3. The molecule has 2 aromatic rings. The Morgan fingerprint density at radius 1 is 1.18 bits per heavy atom. The van der Waals surface area contributed by atoms with Crippen molar-refractivity contribution in [2.45, 2.75) is 37.8 Å². The molecule has 0 bridgehead atoms. The second-order valence-electron chi connectivity index (χ2n) is 7.77. The highest BCUT2D eigenvalue weighted by atomic mass is 16.6. The van der Waals surface area contributed by atoms with Gasteiger partial charge in [0.05, 0.1) is 17.4 Å². The van der Waals surface area contributed by atoms with Crippen molar-refractivity contribution in [1.29, 1.82) is 0 Å². The largest absolute Gasteiger partial charge is 0.337 e. The van der Waals surface area contributed by atoms with E-state index in [9.17, 15) is 14.9 Å². The van der Waals surface area contributed by atoms with Gasteiger partial charge in [0.2, 0.25) is 5.91 Å². The van der Waals surface area contributed by atoms with Gasteiger partial charge in [-0.1, -0.05) is 36.4 Å². The van der Waals surface area contributed by atoms with Crippen LogP contribution in [0.1, 0.15) is 35.6 Å². The molecule has 0 saturated carbocycles. The Morgan fingerprint density at radius 3 is 2.68 bits per heavy atom. The molecule has 0 aromatic heterocycles. The summed E-state index contributed by atoms with van der Waals surface area (Å²) in [6, 6.07) is 15.1. The quantitative estimate of drug-likeness (QED) is 0.590. The molecule has 1 saturated heterocycles. The van der Waals surface area contributed by atoms with Gasteiger partial charge in [-0.05, 0) is 49.0 Å². The van der Waals surface area contributed by atoms with E-state index in [2.05, 4.69) is 23.1 Å². The van der Waals surface area contributed by atoms with E-state index >= 15 is 0 Å². The van der Waals surface area contributed by atoms with Gasteiger partial charge in [-0.25, -0.2) is 0 Å². The van der Waals surface area contributed by atoms with Gasteiger partial charge in [0, 0.05) is 25.2 Å². The van der Waals surface area contributed by atoms with Crippen molar-refractivity contribution in [3.05, 3.63) is 75.3 Å². The summed E-state index contributed by atoms with van der Waals surface area (Å²) in [6.45, 7) is 2.17. The summed E-state index contributed by atoms with van der Waals surface area (Å²) in [5.74, 6) is -0.00796. The zero-order chi connectivity index (χ0) is 19.7. The van der Waals surface area contributed by atoms with Crippen molar-refractivity contribution >= 4 is 11.6 Å². The maximum Gasteiger partial charge on any atom is 0.269 e. The second-order valence-corrected chi connectivity index (χ2v) is 7.77. The number of non-ortho nitro benzene ring substituents is 1. The van der Waals surface area contributed by atoms with E-state index in [1.165, 1.54) is 36.1 Å². The lowest BCUT2D eigenvalue weighted by Crippen LogP contribution is -2.44. The van der Waals surface area contributed by atoms with Crippen molar-refractivity contribution in [3.8, 4) is 0 Å². The summed E-state index contributed by atoms with van der Waals surface area (Å²) in [5, 5.41) is 11.0. The molecule has 2 aromatic carbocycles. The third-order valence-corrected chi connectivity index (χ3v) is 6.06. The van der Waals surface area contributed by atoms with Gasteiger partial charge in [0.1, 0.15) is 0 Å². The Morgan fingerprint density at radius 2 is 1.93 bits per heavy atom. The molecular formula is C22H25N3O3. The Labute approximate surface area is 164 Å². The molecule has 0 N–H and O–H groups in total. The molecule has 1 amide bonds. The van der Waals surface area contributed by atoms with Gasteiger partial charge in [-0.2, -0.15) is 0 Å². The summed E-state index contributed by atoms with van der Waals surface area (Å²) >= 11 is 0. The minimum Gasteiger partial charge on any atom is -0.337 e. The Bertz CT molecular complexity index is 892. The van der Waals surface area contributed by atoms with Crippen LogP contribution in [0.4, 0.5) is 5.69 Å². The van der Waals surface area contributed by atoms with Gasteiger partial charge in [0.15, 0.2) is 0 Å². The number of likely N-dealkylation sites (N-methyl/N-ethyl adjacent to an activating group) is 1. The van der Waals surface area contributed by atoms with Crippen LogP contribution in [-0.4, -0.2) is 46.8 Å². The monoisotopic (exact) mass is 379 g/mol. The molecule has 0 radical (unpaired) electrons. The molecule has 146 valence electrons. The van der Waals surface area contributed by atoms with Crippen LogP contribution in [0.15, 0.2) is 48.5 Å². The Kier molecular flexibility index (Phi) is 5.13. The lowest BCUT2D eigenvalue weighted by atomic mass is 10.0. The molecule has 2 atom stereocenters. The van der Waals surface area contributed by atoms with E-state index in [0.29, 0.717) is 11.6 Å². The van der Waals surface area contributed by atoms with Crippen molar-refractivity contribution in [3.63, 3.8) is 0 Å². The molecule has 6 nitrogen and oxygen atoms in total. The van der Waals surface area contributed by atoms with Gasteiger partial charge in [0.25, 0.3) is 5.69 Å². The highest BCUT2D eigenvalue weighted by Crippen LogP contribution is 2.39. The van der Waals surface area contributed by atoms with Crippen LogP contribution in [-0.2, 0) is 17.6 Å². The van der Waals surface area contributed by atoms with E-state index in [1.54, 1.807) is 12.1 Å². The molecule has 28 heavy (non-hydrogen) atoms. The predicted octanol–water partition coefficient (Wildman–Crippen LogP) is 3.36. The minimum atomic E-state index is -0.422. The summed E-state index contributed by atoms with van der Waals surface area (Å²) in [4.78, 5) is 28.1. The van der Waals surface area contributed by atoms with Gasteiger partial charge >= 0.3 is 0 Å². The van der Waals surface area contributed by atoms with E-state index in [1.807, 2.05) is 18.0 Å². The number of hydrogen-bond donors (Lipinski definition) is 0. The van der Waals surface area contributed by atoms with E-state index < -0.39 is 4.92 Å². The number of benzene rings is 2. The number of carbonyl (C=O) groups is 1. The van der Waals surface area contributed by atoms with E-state index in [0.717, 1.165) is 19.5 Å². The number of fused-ring (bicyclic) bond motifs is 1. The smallest absolute Gasteiger partial charge is 0.269 e. The zero-order valence-electron chi connectivity index (χ0n) is 16.1. The molecule has 4 rings (SSSR count). The van der Waals surface area contributed by atoms with Crippen molar-refractivity contribution in [1.82, 2.24) is 9.80 Å². The lowest BCUT2D eigenvalue weighted by Gasteiger charge is -2.35. The SMILES string of the molecule is CN(C(=O)Cc1cccc([N+](=O)[O-])c1)C1c2ccccc2CC1N1CCCC1. The highest BCUT2D eigenvalue weighted by Gasteiger charge is 2.40. The summed E-state index contributed by atoms with van der Waals surface area (Å²) < 4.78 is 0. The second kappa shape index (κ2) is 7.72. The topological polar surface area (TPSA) is 66.7 Å². The van der Waals surface area contributed by atoms with Gasteiger partial charge < -0.3 is 4.90 Å². The molecule has 6 heteroatoms. The van der Waals surface area contributed by atoms with Crippen LogP contribution in [0.2, 0.25) is 0 Å². The Hall–Kier alpha value is -2.73. The first kappa shape index (κ1) is 18.6. The average molecular weight is 379 g/mol. The maximum absolute atomic E-state index is 13.1. The number of amides is 1. The third kappa shape index (κ3) is 3.52. The van der Waals surface area contributed by atoms with Crippen LogP contribution in [0.25, 0.3) is 0 Å². The summed E-state index contributed by atoms with van der Waals surface area (Å²) in [5.41, 5.74) is 3.25. The third-order valence-electron chi connectivity index (χ3n) is 6.06. The number of nitro benzene ring substituents is 1. The molecule has 1 aliphatic carbocycles. The molecule has 0 spiro atoms. The molecular weight excluding hydrogens is 354 g/mol. The molecule has 2 aliphatic rings. The predicted molar refractivity (Wildman–Crippen MR) is 107 cm³/mol. The molecule has 2 unspecified atom stereocenters. The maximum atomic E-state index is 13.1. The first-order chi connectivity index (χ1) is 13.5. The zero-order valence-corrected chi connectivity index (χ0v) is 16.1. The van der Waals surface area contributed by atoms with Crippen LogP contribution in [0.3, 0.4) is 0 Å². The fourth-order valence-corrected chi connectivity index (χ4v) is 4.66. The lowest BCUT2D eigenvalue weighted by molar-refractivity contribution is -0.384. The van der Waals surface area contributed by atoms with Crippen molar-refractivity contribution in [2.24, 2.45) is 0 Å². The van der Waals surface area contributed by atoms with Crippen molar-refractivity contribution < 1.29 is 9.72 Å². The fraction of sp³-hybridized carbons (Fsp3) is 0.409. The average Bonchev–Trinajstić information content (AvgIpc) is 3.35. The minimum absolute atomic E-state index is 0.00796. The summed E-state index contributed by atoms with van der Waals surface area (Å²) in [6.07, 6.45) is 3.56. The van der Waals surface area contributed by atoms with Crippen LogP contribution in [0.5, 0.6) is 0 Å². The standard InChI is InChI=1S/C22H25N3O3/c1-23(21(26)14-16-7-6-9-18(13-16)25(27)28)22-19-10-3-2-8-17(19)15-20(22)24-11-4-5-12-24/h2-3,6-10,13,20,22H,4-5,11-12,14-15H2,1H3. The number of nitro groups is 1. The molecule has 1 fully saturated rings. The summed E-state index contributed by atoms with van der Waals surface area (Å²) in [7, 11) is 1.87. The normalized spacial score (nSPS) is 21.5. The van der Waals surface area contributed by atoms with Gasteiger partial charge in [-0.3, -0.25) is 19.8 Å². The number of hydrogen-bond acceptors (Lipinski definition) is 4. The first-order valence-corrected chi connectivity index (χ1v) is 9.85.